The molecule has 0 rings (SSSR count). The average Bonchev–Trinajstić information content (AvgIpc) is 1.87. The minimum atomic E-state index is 0.0349. The smallest absolute Gasteiger partial charge is 0.0625 e. The van der Waals surface area contributed by atoms with Crippen LogP contribution in [0.1, 0.15) is 27.2 Å². The van der Waals surface area contributed by atoms with E-state index in [4.69, 9.17) is 4.74 Å². The van der Waals surface area contributed by atoms with E-state index in [-0.39, 0.29) is 5.60 Å². The van der Waals surface area contributed by atoms with Crippen LogP contribution in [-0.2, 0) is 4.74 Å². The summed E-state index contributed by atoms with van der Waals surface area (Å²) in [6, 6.07) is 0. The second kappa shape index (κ2) is 4.35. The predicted octanol–water partition coefficient (Wildman–Crippen LogP) is 2.83. The van der Waals surface area contributed by atoms with Crippen LogP contribution in [0.15, 0.2) is 0 Å². The SMILES string of the molecule is COC(C)(C)CC(C)CBr. The highest BCUT2D eigenvalue weighted by Gasteiger charge is 2.18. The maximum atomic E-state index is 5.29. The Bertz CT molecular complexity index is 91.3. The molecule has 0 N–H and O–H groups in total. The van der Waals surface area contributed by atoms with Gasteiger partial charge < -0.3 is 4.74 Å². The van der Waals surface area contributed by atoms with Crippen LogP contribution < -0.4 is 0 Å². The minimum Gasteiger partial charge on any atom is -0.379 e. The lowest BCUT2D eigenvalue weighted by atomic mass is 9.96. The zero-order valence-electron chi connectivity index (χ0n) is 7.28. The van der Waals surface area contributed by atoms with Gasteiger partial charge in [0, 0.05) is 12.4 Å². The molecule has 0 bridgehead atoms. The molecule has 0 radical (unpaired) electrons. The van der Waals surface area contributed by atoms with Crippen molar-refractivity contribution < 1.29 is 4.74 Å². The first-order valence-electron chi connectivity index (χ1n) is 3.63. The first kappa shape index (κ1) is 10.4. The van der Waals surface area contributed by atoms with Gasteiger partial charge in [-0.1, -0.05) is 22.9 Å². The standard InChI is InChI=1S/C8H17BrO/c1-7(6-9)5-8(2,3)10-4/h7H,5-6H2,1-4H3. The van der Waals surface area contributed by atoms with Crippen molar-refractivity contribution in [3.05, 3.63) is 0 Å². The summed E-state index contributed by atoms with van der Waals surface area (Å²) in [7, 11) is 1.76. The highest BCUT2D eigenvalue weighted by Crippen LogP contribution is 2.20. The molecule has 0 aromatic rings. The summed E-state index contributed by atoms with van der Waals surface area (Å²) in [5.74, 6) is 0.690. The van der Waals surface area contributed by atoms with Crippen molar-refractivity contribution in [1.82, 2.24) is 0 Å². The number of rotatable bonds is 4. The van der Waals surface area contributed by atoms with Gasteiger partial charge in [0.2, 0.25) is 0 Å². The Labute approximate surface area is 72.3 Å². The summed E-state index contributed by atoms with van der Waals surface area (Å²) in [5.41, 5.74) is 0.0349. The van der Waals surface area contributed by atoms with Gasteiger partial charge >= 0.3 is 0 Å². The molecular weight excluding hydrogens is 192 g/mol. The van der Waals surface area contributed by atoms with Crippen LogP contribution in [-0.4, -0.2) is 18.0 Å². The molecule has 0 aliphatic rings. The molecule has 0 aromatic heterocycles. The van der Waals surface area contributed by atoms with E-state index in [9.17, 15) is 0 Å². The van der Waals surface area contributed by atoms with Gasteiger partial charge in [0.15, 0.2) is 0 Å². The van der Waals surface area contributed by atoms with E-state index in [0.717, 1.165) is 11.8 Å². The Morgan fingerprint density at radius 2 is 2.00 bits per heavy atom. The van der Waals surface area contributed by atoms with Gasteiger partial charge in [0.05, 0.1) is 5.60 Å². The van der Waals surface area contributed by atoms with E-state index >= 15 is 0 Å². The van der Waals surface area contributed by atoms with E-state index in [1.54, 1.807) is 7.11 Å². The van der Waals surface area contributed by atoms with Crippen LogP contribution in [0.5, 0.6) is 0 Å². The molecule has 10 heavy (non-hydrogen) atoms. The molecule has 0 aromatic carbocycles. The molecule has 0 saturated heterocycles. The number of methoxy groups -OCH3 is 1. The third-order valence-electron chi connectivity index (χ3n) is 1.66. The minimum absolute atomic E-state index is 0.0349. The Morgan fingerprint density at radius 3 is 2.30 bits per heavy atom. The largest absolute Gasteiger partial charge is 0.379 e. The molecule has 1 atom stereocenters. The van der Waals surface area contributed by atoms with E-state index in [0.29, 0.717) is 5.92 Å². The number of halogens is 1. The molecule has 1 nitrogen and oxygen atoms in total. The summed E-state index contributed by atoms with van der Waals surface area (Å²) in [4.78, 5) is 0. The summed E-state index contributed by atoms with van der Waals surface area (Å²) < 4.78 is 5.29. The second-order valence-electron chi connectivity index (χ2n) is 3.43. The normalized spacial score (nSPS) is 15.3. The van der Waals surface area contributed by atoms with Crippen molar-refractivity contribution in [1.29, 1.82) is 0 Å². The van der Waals surface area contributed by atoms with Crippen molar-refractivity contribution in [3.63, 3.8) is 0 Å². The van der Waals surface area contributed by atoms with Crippen LogP contribution in [0.25, 0.3) is 0 Å². The molecule has 0 aliphatic heterocycles. The topological polar surface area (TPSA) is 9.23 Å². The van der Waals surface area contributed by atoms with Gasteiger partial charge in [-0.25, -0.2) is 0 Å². The van der Waals surface area contributed by atoms with Crippen molar-refractivity contribution in [2.24, 2.45) is 5.92 Å². The van der Waals surface area contributed by atoms with Crippen LogP contribution >= 0.6 is 15.9 Å². The Balaban J connectivity index is 3.64. The predicted molar refractivity (Wildman–Crippen MR) is 48.7 cm³/mol. The maximum absolute atomic E-state index is 5.29. The number of ether oxygens (including phenoxy) is 1. The van der Waals surface area contributed by atoms with Gasteiger partial charge in [-0.15, -0.1) is 0 Å². The van der Waals surface area contributed by atoms with Crippen molar-refractivity contribution in [2.75, 3.05) is 12.4 Å². The molecule has 0 amide bonds. The van der Waals surface area contributed by atoms with E-state index in [2.05, 4.69) is 36.7 Å². The molecule has 0 saturated carbocycles. The summed E-state index contributed by atoms with van der Waals surface area (Å²) >= 11 is 3.44. The first-order valence-corrected chi connectivity index (χ1v) is 4.75. The molecule has 0 aliphatic carbocycles. The number of hydrogen-bond donors (Lipinski definition) is 0. The number of hydrogen-bond acceptors (Lipinski definition) is 1. The van der Waals surface area contributed by atoms with Gasteiger partial charge in [-0.2, -0.15) is 0 Å². The monoisotopic (exact) mass is 208 g/mol. The summed E-state index contributed by atoms with van der Waals surface area (Å²) in [6.07, 6.45) is 1.11. The second-order valence-corrected chi connectivity index (χ2v) is 4.07. The molecule has 0 fully saturated rings. The van der Waals surface area contributed by atoms with Crippen LogP contribution in [0.2, 0.25) is 0 Å². The lowest BCUT2D eigenvalue weighted by molar-refractivity contribution is 0.00624. The van der Waals surface area contributed by atoms with Crippen LogP contribution in [0.3, 0.4) is 0 Å². The first-order chi connectivity index (χ1) is 4.52. The van der Waals surface area contributed by atoms with Crippen molar-refractivity contribution in [3.8, 4) is 0 Å². The Morgan fingerprint density at radius 1 is 1.50 bits per heavy atom. The zero-order valence-corrected chi connectivity index (χ0v) is 8.86. The van der Waals surface area contributed by atoms with Crippen LogP contribution in [0.4, 0.5) is 0 Å². The highest BCUT2D eigenvalue weighted by molar-refractivity contribution is 9.09. The summed E-state index contributed by atoms with van der Waals surface area (Å²) in [5, 5.41) is 1.06. The lowest BCUT2D eigenvalue weighted by Gasteiger charge is -2.25. The lowest BCUT2D eigenvalue weighted by Crippen LogP contribution is -2.25. The zero-order chi connectivity index (χ0) is 8.20. The summed E-state index contributed by atoms with van der Waals surface area (Å²) in [6.45, 7) is 6.45. The fraction of sp³-hybridized carbons (Fsp3) is 1.00. The van der Waals surface area contributed by atoms with E-state index in [1.165, 1.54) is 0 Å². The molecule has 0 heterocycles. The molecule has 0 spiro atoms. The fourth-order valence-electron chi connectivity index (χ4n) is 0.977. The third kappa shape index (κ3) is 4.29. The van der Waals surface area contributed by atoms with Gasteiger partial charge in [-0.3, -0.25) is 0 Å². The highest BCUT2D eigenvalue weighted by atomic mass is 79.9. The Hall–Kier alpha value is 0.440. The molecule has 62 valence electrons. The van der Waals surface area contributed by atoms with Gasteiger partial charge in [-0.05, 0) is 26.2 Å². The molecular formula is C8H17BrO. The molecule has 1 unspecified atom stereocenters. The maximum Gasteiger partial charge on any atom is 0.0625 e. The fourth-order valence-corrected chi connectivity index (χ4v) is 1.21. The Kier molecular flexibility index (Phi) is 4.54. The van der Waals surface area contributed by atoms with Gasteiger partial charge in [0.25, 0.3) is 0 Å². The van der Waals surface area contributed by atoms with E-state index < -0.39 is 0 Å². The van der Waals surface area contributed by atoms with Gasteiger partial charge in [0.1, 0.15) is 0 Å². The van der Waals surface area contributed by atoms with Crippen LogP contribution in [0, 0.1) is 5.92 Å². The van der Waals surface area contributed by atoms with Crippen molar-refractivity contribution in [2.45, 2.75) is 32.8 Å². The molecule has 2 heteroatoms. The van der Waals surface area contributed by atoms with Crippen molar-refractivity contribution >= 4 is 15.9 Å². The third-order valence-corrected chi connectivity index (χ3v) is 2.76. The number of alkyl halides is 1. The van der Waals surface area contributed by atoms with E-state index in [1.807, 2.05) is 0 Å². The average molecular weight is 209 g/mol. The quantitative estimate of drug-likeness (QED) is 0.647.